The summed E-state index contributed by atoms with van der Waals surface area (Å²) in [6.45, 7) is 0. The van der Waals surface area contributed by atoms with E-state index in [1.165, 1.54) is 12.1 Å². The van der Waals surface area contributed by atoms with Gasteiger partial charge in [0.1, 0.15) is 6.10 Å². The van der Waals surface area contributed by atoms with E-state index < -0.39 is 11.0 Å². The number of aromatic amines is 1. The van der Waals surface area contributed by atoms with E-state index in [9.17, 15) is 15.2 Å². The van der Waals surface area contributed by atoms with Gasteiger partial charge in [0.15, 0.2) is 0 Å². The first-order valence-electron chi connectivity index (χ1n) is 6.15. The second kappa shape index (κ2) is 4.79. The zero-order valence-corrected chi connectivity index (χ0v) is 10.5. The Bertz CT molecular complexity index is 765. The number of benzene rings is 2. The first-order chi connectivity index (χ1) is 9.66. The molecule has 3 aromatic rings. The molecule has 100 valence electrons. The highest BCUT2D eigenvalue weighted by atomic mass is 16.6. The molecular weight excluding hydrogens is 256 g/mol. The Hall–Kier alpha value is -2.66. The van der Waals surface area contributed by atoms with E-state index in [-0.39, 0.29) is 5.69 Å². The third kappa shape index (κ3) is 2.04. The molecular formula is C15H12N2O3. The van der Waals surface area contributed by atoms with E-state index in [1.807, 2.05) is 30.3 Å². The third-order valence-electron chi connectivity index (χ3n) is 3.32. The average molecular weight is 268 g/mol. The summed E-state index contributed by atoms with van der Waals surface area (Å²) >= 11 is 0. The zero-order valence-electron chi connectivity index (χ0n) is 10.5. The number of hydrogen-bond donors (Lipinski definition) is 2. The van der Waals surface area contributed by atoms with E-state index in [2.05, 4.69) is 4.98 Å². The molecule has 5 nitrogen and oxygen atoms in total. The minimum absolute atomic E-state index is 0.0126. The zero-order chi connectivity index (χ0) is 14.1. The minimum atomic E-state index is -0.813. The normalized spacial score (nSPS) is 12.4. The van der Waals surface area contributed by atoms with Crippen molar-refractivity contribution < 1.29 is 10.0 Å². The van der Waals surface area contributed by atoms with Crippen molar-refractivity contribution in [2.24, 2.45) is 0 Å². The number of non-ortho nitro benzene ring substituents is 1. The molecule has 0 fully saturated rings. The highest BCUT2D eigenvalue weighted by Gasteiger charge is 2.17. The predicted octanol–water partition coefficient (Wildman–Crippen LogP) is 3.16. The van der Waals surface area contributed by atoms with E-state index in [4.69, 9.17) is 0 Å². The quantitative estimate of drug-likeness (QED) is 0.565. The SMILES string of the molecule is O=[N+]([O-])c1ccc2[nH]cc(C(O)c3ccccc3)c2c1. The Morgan fingerprint density at radius 2 is 1.90 bits per heavy atom. The Morgan fingerprint density at radius 3 is 2.60 bits per heavy atom. The van der Waals surface area contributed by atoms with Gasteiger partial charge in [-0.1, -0.05) is 30.3 Å². The van der Waals surface area contributed by atoms with Gasteiger partial charge in [0, 0.05) is 34.8 Å². The number of H-pyrrole nitrogens is 1. The van der Waals surface area contributed by atoms with Crippen LogP contribution in [0.15, 0.2) is 54.7 Å². The largest absolute Gasteiger partial charge is 0.384 e. The van der Waals surface area contributed by atoms with Crippen LogP contribution in [-0.2, 0) is 0 Å². The molecule has 0 saturated carbocycles. The van der Waals surface area contributed by atoms with Crippen LogP contribution in [0, 0.1) is 10.1 Å². The van der Waals surface area contributed by atoms with Crippen LogP contribution in [0.2, 0.25) is 0 Å². The van der Waals surface area contributed by atoms with Crippen molar-refractivity contribution in [2.75, 3.05) is 0 Å². The number of nitro benzene ring substituents is 1. The highest BCUT2D eigenvalue weighted by Crippen LogP contribution is 2.30. The van der Waals surface area contributed by atoms with Gasteiger partial charge in [0.2, 0.25) is 0 Å². The van der Waals surface area contributed by atoms with Gasteiger partial charge >= 0.3 is 0 Å². The molecule has 1 unspecified atom stereocenters. The molecule has 1 aromatic heterocycles. The van der Waals surface area contributed by atoms with Crippen LogP contribution in [0.25, 0.3) is 10.9 Å². The molecule has 2 N–H and O–H groups in total. The molecule has 0 aliphatic carbocycles. The fraction of sp³-hybridized carbons (Fsp3) is 0.0667. The van der Waals surface area contributed by atoms with Gasteiger partial charge in [-0.05, 0) is 11.6 Å². The first-order valence-corrected chi connectivity index (χ1v) is 6.15. The van der Waals surface area contributed by atoms with Crippen molar-refractivity contribution in [3.63, 3.8) is 0 Å². The van der Waals surface area contributed by atoms with Crippen molar-refractivity contribution in [1.82, 2.24) is 4.98 Å². The monoisotopic (exact) mass is 268 g/mol. The molecule has 20 heavy (non-hydrogen) atoms. The Morgan fingerprint density at radius 1 is 1.15 bits per heavy atom. The summed E-state index contributed by atoms with van der Waals surface area (Å²) in [5, 5.41) is 21.9. The van der Waals surface area contributed by atoms with E-state index >= 15 is 0 Å². The molecule has 0 bridgehead atoms. The molecule has 0 saturated heterocycles. The standard InChI is InChI=1S/C15H12N2O3/c18-15(10-4-2-1-3-5-10)13-9-16-14-7-6-11(17(19)20)8-12(13)14/h1-9,15-16,18H. The van der Waals surface area contributed by atoms with Gasteiger partial charge < -0.3 is 10.1 Å². The second-order valence-corrected chi connectivity index (χ2v) is 4.54. The molecule has 1 heterocycles. The van der Waals surface area contributed by atoms with E-state index in [1.54, 1.807) is 12.3 Å². The van der Waals surface area contributed by atoms with Crippen LogP contribution in [0.4, 0.5) is 5.69 Å². The van der Waals surface area contributed by atoms with Crippen molar-refractivity contribution in [2.45, 2.75) is 6.10 Å². The van der Waals surface area contributed by atoms with Gasteiger partial charge in [-0.25, -0.2) is 0 Å². The van der Waals surface area contributed by atoms with Crippen molar-refractivity contribution in [1.29, 1.82) is 0 Å². The van der Waals surface area contributed by atoms with Crippen LogP contribution < -0.4 is 0 Å². The number of rotatable bonds is 3. The maximum Gasteiger partial charge on any atom is 0.270 e. The Kier molecular flexibility index (Phi) is 2.96. The lowest BCUT2D eigenvalue weighted by atomic mass is 10.0. The smallest absolute Gasteiger partial charge is 0.270 e. The summed E-state index contributed by atoms with van der Waals surface area (Å²) in [5.74, 6) is 0. The summed E-state index contributed by atoms with van der Waals surface area (Å²) in [5.41, 5.74) is 2.16. The molecule has 5 heteroatoms. The lowest BCUT2D eigenvalue weighted by Crippen LogP contribution is -1.98. The topological polar surface area (TPSA) is 79.2 Å². The van der Waals surface area contributed by atoms with E-state index in [0.717, 1.165) is 11.1 Å². The molecule has 1 atom stereocenters. The predicted molar refractivity (Wildman–Crippen MR) is 75.5 cm³/mol. The highest BCUT2D eigenvalue weighted by molar-refractivity contribution is 5.86. The Labute approximate surface area is 114 Å². The summed E-state index contributed by atoms with van der Waals surface area (Å²) in [7, 11) is 0. The molecule has 2 aromatic carbocycles. The summed E-state index contributed by atoms with van der Waals surface area (Å²) < 4.78 is 0. The van der Waals surface area contributed by atoms with E-state index in [0.29, 0.717) is 10.9 Å². The number of aliphatic hydroxyl groups is 1. The number of aliphatic hydroxyl groups excluding tert-OH is 1. The van der Waals surface area contributed by atoms with Crippen LogP contribution in [-0.4, -0.2) is 15.0 Å². The molecule has 0 spiro atoms. The van der Waals surface area contributed by atoms with Crippen molar-refractivity contribution in [3.8, 4) is 0 Å². The molecule has 0 aliphatic rings. The average Bonchev–Trinajstić information content (AvgIpc) is 2.90. The van der Waals surface area contributed by atoms with Crippen LogP contribution >= 0.6 is 0 Å². The van der Waals surface area contributed by atoms with Crippen molar-refractivity contribution in [3.05, 3.63) is 76.0 Å². The minimum Gasteiger partial charge on any atom is -0.384 e. The molecule has 0 radical (unpaired) electrons. The van der Waals surface area contributed by atoms with Crippen LogP contribution in [0.5, 0.6) is 0 Å². The number of fused-ring (bicyclic) bond motifs is 1. The maximum absolute atomic E-state index is 10.9. The number of nitro groups is 1. The molecule has 0 amide bonds. The number of aromatic nitrogens is 1. The molecule has 0 aliphatic heterocycles. The van der Waals surface area contributed by atoms with Gasteiger partial charge in [0.05, 0.1) is 4.92 Å². The first kappa shape index (κ1) is 12.4. The molecule has 3 rings (SSSR count). The van der Waals surface area contributed by atoms with Gasteiger partial charge in [-0.3, -0.25) is 10.1 Å². The van der Waals surface area contributed by atoms with Crippen LogP contribution in [0.3, 0.4) is 0 Å². The van der Waals surface area contributed by atoms with Gasteiger partial charge in [-0.2, -0.15) is 0 Å². The number of hydrogen-bond acceptors (Lipinski definition) is 3. The fourth-order valence-electron chi connectivity index (χ4n) is 2.28. The van der Waals surface area contributed by atoms with Crippen LogP contribution in [0.1, 0.15) is 17.2 Å². The second-order valence-electron chi connectivity index (χ2n) is 4.54. The van der Waals surface area contributed by atoms with Gasteiger partial charge in [-0.15, -0.1) is 0 Å². The number of nitrogens with zero attached hydrogens (tertiary/aromatic N) is 1. The Balaban J connectivity index is 2.12. The summed E-state index contributed by atoms with van der Waals surface area (Å²) in [6, 6.07) is 13.8. The number of nitrogens with one attached hydrogen (secondary N) is 1. The van der Waals surface area contributed by atoms with Crippen molar-refractivity contribution >= 4 is 16.6 Å². The lowest BCUT2D eigenvalue weighted by molar-refractivity contribution is -0.384. The van der Waals surface area contributed by atoms with Gasteiger partial charge in [0.25, 0.3) is 5.69 Å². The summed E-state index contributed by atoms with van der Waals surface area (Å²) in [6.07, 6.45) is 0.874. The lowest BCUT2D eigenvalue weighted by Gasteiger charge is -2.09. The maximum atomic E-state index is 10.9. The fourth-order valence-corrected chi connectivity index (χ4v) is 2.28. The third-order valence-corrected chi connectivity index (χ3v) is 3.32. The summed E-state index contributed by atoms with van der Waals surface area (Å²) in [4.78, 5) is 13.4.